The van der Waals surface area contributed by atoms with E-state index in [-0.39, 0.29) is 23.9 Å². The summed E-state index contributed by atoms with van der Waals surface area (Å²) < 4.78 is 37.3. The third-order valence-electron chi connectivity index (χ3n) is 3.03. The largest absolute Gasteiger partial charge is 0.471 e. The Kier molecular flexibility index (Phi) is 3.78. The van der Waals surface area contributed by atoms with Crippen LogP contribution in [0.1, 0.15) is 31.5 Å². The first kappa shape index (κ1) is 14.5. The normalized spacial score (nSPS) is 16.8. The quantitative estimate of drug-likeness (QED) is 0.877. The van der Waals surface area contributed by atoms with Gasteiger partial charge in [0.05, 0.1) is 12.7 Å². The van der Waals surface area contributed by atoms with Crippen molar-refractivity contribution in [2.24, 2.45) is 5.92 Å². The summed E-state index contributed by atoms with van der Waals surface area (Å²) in [6, 6.07) is -0.498. The van der Waals surface area contributed by atoms with Crippen LogP contribution in [0.4, 0.5) is 13.2 Å². The number of nitrogens with one attached hydrogen (secondary N) is 1. The number of amides is 1. The van der Waals surface area contributed by atoms with Crippen molar-refractivity contribution in [2.45, 2.75) is 38.5 Å². The molecule has 0 aromatic carbocycles. The molecule has 1 N–H and O–H groups in total. The highest BCUT2D eigenvalue weighted by atomic mass is 19.4. The zero-order valence-electron chi connectivity index (χ0n) is 10.6. The maximum absolute atomic E-state index is 12.0. The first-order valence-corrected chi connectivity index (χ1v) is 6.08. The highest BCUT2D eigenvalue weighted by Gasteiger charge is 2.38. The lowest BCUT2D eigenvalue weighted by Gasteiger charge is -2.08. The molecule has 0 spiro atoms. The predicted molar refractivity (Wildman–Crippen MR) is 60.4 cm³/mol. The number of halogens is 3. The second-order valence-electron chi connectivity index (χ2n) is 4.72. The molecule has 1 aliphatic rings. The molecule has 1 amide bonds. The maximum atomic E-state index is 12.0. The van der Waals surface area contributed by atoms with Crippen molar-refractivity contribution in [3.8, 4) is 0 Å². The second-order valence-corrected chi connectivity index (χ2v) is 4.72. The molecule has 6 nitrogen and oxygen atoms in total. The lowest BCUT2D eigenvalue weighted by Crippen LogP contribution is -2.36. The molecule has 0 aliphatic heterocycles. The molecule has 0 saturated heterocycles. The van der Waals surface area contributed by atoms with Crippen molar-refractivity contribution < 1.29 is 22.8 Å². The fourth-order valence-corrected chi connectivity index (χ4v) is 1.69. The van der Waals surface area contributed by atoms with Crippen LogP contribution >= 0.6 is 0 Å². The van der Waals surface area contributed by atoms with Crippen LogP contribution in [0.15, 0.2) is 6.20 Å². The SMILES string of the molecule is CC(C(=O)C1CC1)n1cc(CNC(=O)C(F)(F)F)nn1. The van der Waals surface area contributed by atoms with E-state index in [4.69, 9.17) is 0 Å². The molecule has 1 fully saturated rings. The molecule has 1 atom stereocenters. The molecule has 0 bridgehead atoms. The molecule has 1 aliphatic carbocycles. The number of hydrogen-bond acceptors (Lipinski definition) is 4. The van der Waals surface area contributed by atoms with Gasteiger partial charge in [-0.3, -0.25) is 9.59 Å². The van der Waals surface area contributed by atoms with E-state index in [0.29, 0.717) is 0 Å². The fourth-order valence-electron chi connectivity index (χ4n) is 1.69. The Balaban J connectivity index is 1.92. The maximum Gasteiger partial charge on any atom is 0.471 e. The van der Waals surface area contributed by atoms with E-state index in [1.165, 1.54) is 10.9 Å². The fraction of sp³-hybridized carbons (Fsp3) is 0.636. The molecule has 110 valence electrons. The lowest BCUT2D eigenvalue weighted by atomic mass is 10.1. The average molecular weight is 290 g/mol. The van der Waals surface area contributed by atoms with Gasteiger partial charge in [-0.1, -0.05) is 5.21 Å². The van der Waals surface area contributed by atoms with E-state index in [0.717, 1.165) is 12.8 Å². The van der Waals surface area contributed by atoms with Gasteiger partial charge in [0.2, 0.25) is 0 Å². The van der Waals surface area contributed by atoms with Crippen LogP contribution < -0.4 is 5.32 Å². The summed E-state index contributed by atoms with van der Waals surface area (Å²) in [5.41, 5.74) is 0.165. The van der Waals surface area contributed by atoms with Crippen LogP contribution in [-0.4, -0.2) is 32.9 Å². The third-order valence-corrected chi connectivity index (χ3v) is 3.03. The molecule has 2 rings (SSSR count). The number of hydrogen-bond donors (Lipinski definition) is 1. The van der Waals surface area contributed by atoms with Gasteiger partial charge in [-0.05, 0) is 19.8 Å². The van der Waals surface area contributed by atoms with Crippen LogP contribution in [0.3, 0.4) is 0 Å². The summed E-state index contributed by atoms with van der Waals surface area (Å²) in [6.07, 6.45) is -1.83. The van der Waals surface area contributed by atoms with Crippen LogP contribution in [-0.2, 0) is 16.1 Å². The molecular weight excluding hydrogens is 277 g/mol. The first-order valence-electron chi connectivity index (χ1n) is 6.08. The van der Waals surface area contributed by atoms with E-state index in [9.17, 15) is 22.8 Å². The molecule has 1 aromatic heterocycles. The van der Waals surface area contributed by atoms with Gasteiger partial charge in [0.15, 0.2) is 5.78 Å². The number of aromatic nitrogens is 3. The third kappa shape index (κ3) is 3.34. The van der Waals surface area contributed by atoms with Gasteiger partial charge in [0, 0.05) is 5.92 Å². The molecule has 0 radical (unpaired) electrons. The summed E-state index contributed by atoms with van der Waals surface area (Å²) in [7, 11) is 0. The second kappa shape index (κ2) is 5.22. The summed E-state index contributed by atoms with van der Waals surface area (Å²) >= 11 is 0. The van der Waals surface area contributed by atoms with Crippen LogP contribution in [0.2, 0.25) is 0 Å². The minimum atomic E-state index is -4.93. The lowest BCUT2D eigenvalue weighted by molar-refractivity contribution is -0.173. The number of ketones is 1. The molecule has 1 unspecified atom stereocenters. The smallest absolute Gasteiger partial charge is 0.342 e. The van der Waals surface area contributed by atoms with Gasteiger partial charge in [-0.25, -0.2) is 4.68 Å². The standard InChI is InChI=1S/C11H13F3N4O2/c1-6(9(19)7-2-3-7)18-5-8(16-17-18)4-15-10(20)11(12,13)14/h5-7H,2-4H2,1H3,(H,15,20). The van der Waals surface area contributed by atoms with E-state index < -0.39 is 18.1 Å². The predicted octanol–water partition coefficient (Wildman–Crippen LogP) is 0.997. The summed E-state index contributed by atoms with van der Waals surface area (Å²) in [5.74, 6) is -1.93. The minimum Gasteiger partial charge on any atom is -0.342 e. The van der Waals surface area contributed by atoms with E-state index in [1.807, 2.05) is 0 Å². The van der Waals surface area contributed by atoms with Crippen LogP contribution in [0.25, 0.3) is 0 Å². The Morgan fingerprint density at radius 3 is 2.70 bits per heavy atom. The molecule has 1 saturated carbocycles. The van der Waals surface area contributed by atoms with Crippen molar-refractivity contribution in [3.63, 3.8) is 0 Å². The first-order chi connectivity index (χ1) is 9.29. The van der Waals surface area contributed by atoms with Gasteiger partial charge in [0.1, 0.15) is 11.7 Å². The molecule has 20 heavy (non-hydrogen) atoms. The Bertz CT molecular complexity index is 522. The molecule has 1 heterocycles. The van der Waals surface area contributed by atoms with Gasteiger partial charge in [-0.2, -0.15) is 13.2 Å². The zero-order chi connectivity index (χ0) is 14.9. The Morgan fingerprint density at radius 2 is 2.15 bits per heavy atom. The topological polar surface area (TPSA) is 76.9 Å². The number of carbonyl (C=O) groups is 2. The van der Waals surface area contributed by atoms with Crippen LogP contribution in [0.5, 0.6) is 0 Å². The summed E-state index contributed by atoms with van der Waals surface area (Å²) in [5, 5.41) is 9.02. The van der Waals surface area contributed by atoms with Crippen molar-refractivity contribution in [2.75, 3.05) is 0 Å². The van der Waals surface area contributed by atoms with Crippen molar-refractivity contribution in [3.05, 3.63) is 11.9 Å². The number of Topliss-reactive ketones (excluding diaryl/α,β-unsaturated/α-hetero) is 1. The van der Waals surface area contributed by atoms with Gasteiger partial charge < -0.3 is 5.32 Å². The Labute approximate surface area is 112 Å². The molecular formula is C11H13F3N4O2. The van der Waals surface area contributed by atoms with Crippen molar-refractivity contribution >= 4 is 11.7 Å². The number of rotatable bonds is 5. The van der Waals surface area contributed by atoms with E-state index >= 15 is 0 Å². The zero-order valence-corrected chi connectivity index (χ0v) is 10.6. The molecule has 1 aromatic rings. The summed E-state index contributed by atoms with van der Waals surface area (Å²) in [6.45, 7) is 1.27. The Morgan fingerprint density at radius 1 is 1.50 bits per heavy atom. The van der Waals surface area contributed by atoms with Gasteiger partial charge in [-0.15, -0.1) is 5.10 Å². The van der Waals surface area contributed by atoms with Gasteiger partial charge >= 0.3 is 12.1 Å². The minimum absolute atomic E-state index is 0.0424. The number of nitrogens with zero attached hydrogens (tertiary/aromatic N) is 3. The van der Waals surface area contributed by atoms with Gasteiger partial charge in [0.25, 0.3) is 0 Å². The number of alkyl halides is 3. The average Bonchev–Trinajstić information content (AvgIpc) is 3.12. The highest BCUT2D eigenvalue weighted by Crippen LogP contribution is 2.33. The van der Waals surface area contributed by atoms with E-state index in [2.05, 4.69) is 10.3 Å². The molecule has 9 heteroatoms. The Hall–Kier alpha value is -1.93. The van der Waals surface area contributed by atoms with Crippen molar-refractivity contribution in [1.29, 1.82) is 0 Å². The number of carbonyl (C=O) groups excluding carboxylic acids is 2. The van der Waals surface area contributed by atoms with Crippen LogP contribution in [0, 0.1) is 5.92 Å². The van der Waals surface area contributed by atoms with E-state index in [1.54, 1.807) is 12.2 Å². The highest BCUT2D eigenvalue weighted by molar-refractivity contribution is 5.86. The van der Waals surface area contributed by atoms with Crippen molar-refractivity contribution in [1.82, 2.24) is 20.3 Å². The monoisotopic (exact) mass is 290 g/mol. The summed E-state index contributed by atoms with van der Waals surface area (Å²) in [4.78, 5) is 22.4.